The van der Waals surface area contributed by atoms with E-state index in [1.807, 2.05) is 0 Å². The lowest BCUT2D eigenvalue weighted by atomic mass is 10.0. The van der Waals surface area contributed by atoms with E-state index < -0.39 is 11.5 Å². The Bertz CT molecular complexity index is 664. The zero-order valence-electron chi connectivity index (χ0n) is 10.6. The Kier molecular flexibility index (Phi) is 3.91. The number of ether oxygens (including phenoxy) is 1. The number of hydrogen-bond donors (Lipinski definition) is 2. The summed E-state index contributed by atoms with van der Waals surface area (Å²) in [4.78, 5) is 30.6. The molecule has 2 aromatic heterocycles. The second kappa shape index (κ2) is 5.62. The number of carbonyl (C=O) groups excluding carboxylic acids is 1. The number of nitrogens with zero attached hydrogens (tertiary/aromatic N) is 1. The highest BCUT2D eigenvalue weighted by molar-refractivity contribution is 5.96. The Balaban J connectivity index is 2.73. The second-order valence-electron chi connectivity index (χ2n) is 3.97. The Morgan fingerprint density at radius 3 is 3.00 bits per heavy atom. The molecule has 0 amide bonds. The molecule has 0 saturated carbocycles. The van der Waals surface area contributed by atoms with Crippen molar-refractivity contribution in [2.45, 2.75) is 13.3 Å². The van der Waals surface area contributed by atoms with E-state index in [1.54, 1.807) is 25.3 Å². The second-order valence-corrected chi connectivity index (χ2v) is 3.97. The van der Waals surface area contributed by atoms with Gasteiger partial charge in [-0.2, -0.15) is 0 Å². The summed E-state index contributed by atoms with van der Waals surface area (Å²) in [5.41, 5.74) is 6.13. The molecule has 6 heteroatoms. The van der Waals surface area contributed by atoms with E-state index in [9.17, 15) is 9.59 Å². The number of nitrogens with one attached hydrogen (secondary N) is 1. The Morgan fingerprint density at radius 1 is 1.53 bits per heavy atom. The van der Waals surface area contributed by atoms with Crippen molar-refractivity contribution < 1.29 is 9.53 Å². The molecule has 0 saturated heterocycles. The van der Waals surface area contributed by atoms with Crippen LogP contribution in [-0.4, -0.2) is 29.1 Å². The van der Waals surface area contributed by atoms with Crippen molar-refractivity contribution in [3.8, 4) is 0 Å². The summed E-state index contributed by atoms with van der Waals surface area (Å²) in [6, 6.07) is 3.54. The third-order valence-corrected chi connectivity index (χ3v) is 2.77. The van der Waals surface area contributed by atoms with Crippen LogP contribution in [0.2, 0.25) is 0 Å². The maximum Gasteiger partial charge on any atom is 0.344 e. The van der Waals surface area contributed by atoms with Crippen LogP contribution in [0.1, 0.15) is 22.8 Å². The molecule has 0 bridgehead atoms. The van der Waals surface area contributed by atoms with Crippen LogP contribution >= 0.6 is 0 Å². The largest absolute Gasteiger partial charge is 0.462 e. The molecule has 2 aromatic rings. The van der Waals surface area contributed by atoms with E-state index in [2.05, 4.69) is 9.97 Å². The number of esters is 1. The number of rotatable bonds is 4. The third kappa shape index (κ3) is 2.48. The minimum absolute atomic E-state index is 0.0211. The molecule has 0 atom stereocenters. The van der Waals surface area contributed by atoms with Crippen molar-refractivity contribution >= 4 is 17.0 Å². The fourth-order valence-corrected chi connectivity index (χ4v) is 2.01. The van der Waals surface area contributed by atoms with Gasteiger partial charge in [0.2, 0.25) is 0 Å². The van der Waals surface area contributed by atoms with Gasteiger partial charge in [-0.1, -0.05) is 0 Å². The monoisotopic (exact) mass is 261 g/mol. The molecule has 0 aliphatic heterocycles. The normalized spacial score (nSPS) is 10.6. The first kappa shape index (κ1) is 13.2. The highest BCUT2D eigenvalue weighted by Crippen LogP contribution is 2.17. The minimum Gasteiger partial charge on any atom is -0.462 e. The predicted molar refractivity (Wildman–Crippen MR) is 71.1 cm³/mol. The van der Waals surface area contributed by atoms with E-state index in [0.717, 1.165) is 5.39 Å². The lowest BCUT2D eigenvalue weighted by Crippen LogP contribution is -2.24. The fourth-order valence-electron chi connectivity index (χ4n) is 2.01. The average Bonchev–Trinajstić information content (AvgIpc) is 2.39. The van der Waals surface area contributed by atoms with E-state index in [1.165, 1.54) is 0 Å². The summed E-state index contributed by atoms with van der Waals surface area (Å²) in [5.74, 6) is -0.627. The number of aromatic amines is 1. The van der Waals surface area contributed by atoms with Gasteiger partial charge >= 0.3 is 5.97 Å². The summed E-state index contributed by atoms with van der Waals surface area (Å²) in [6.07, 6.45) is 1.99. The molecule has 0 spiro atoms. The Labute approximate surface area is 109 Å². The summed E-state index contributed by atoms with van der Waals surface area (Å²) >= 11 is 0. The van der Waals surface area contributed by atoms with Gasteiger partial charge in [-0.25, -0.2) is 9.78 Å². The number of pyridine rings is 2. The van der Waals surface area contributed by atoms with Crippen molar-refractivity contribution in [1.82, 2.24) is 9.97 Å². The average molecular weight is 261 g/mol. The highest BCUT2D eigenvalue weighted by Gasteiger charge is 2.20. The number of hydrogen-bond acceptors (Lipinski definition) is 5. The molecule has 0 fully saturated rings. The van der Waals surface area contributed by atoms with Crippen LogP contribution in [0.3, 0.4) is 0 Å². The van der Waals surface area contributed by atoms with Crippen LogP contribution < -0.4 is 11.3 Å². The molecule has 19 heavy (non-hydrogen) atoms. The molecule has 6 nitrogen and oxygen atoms in total. The molecule has 100 valence electrons. The van der Waals surface area contributed by atoms with Gasteiger partial charge in [0.1, 0.15) is 11.2 Å². The zero-order chi connectivity index (χ0) is 13.8. The summed E-state index contributed by atoms with van der Waals surface area (Å²) < 4.78 is 4.92. The number of aromatic nitrogens is 2. The third-order valence-electron chi connectivity index (χ3n) is 2.77. The van der Waals surface area contributed by atoms with E-state index >= 15 is 0 Å². The molecule has 0 aromatic carbocycles. The Hall–Kier alpha value is -2.21. The smallest absolute Gasteiger partial charge is 0.344 e. The van der Waals surface area contributed by atoms with Crippen molar-refractivity contribution in [2.75, 3.05) is 13.2 Å². The van der Waals surface area contributed by atoms with Gasteiger partial charge < -0.3 is 15.5 Å². The van der Waals surface area contributed by atoms with Crippen molar-refractivity contribution in [1.29, 1.82) is 0 Å². The topological polar surface area (TPSA) is 98.1 Å². The fraction of sp³-hybridized carbons (Fsp3) is 0.308. The van der Waals surface area contributed by atoms with Gasteiger partial charge in [0.25, 0.3) is 5.56 Å². The lowest BCUT2D eigenvalue weighted by molar-refractivity contribution is 0.0523. The molecular weight excluding hydrogens is 246 g/mol. The summed E-state index contributed by atoms with van der Waals surface area (Å²) in [6.45, 7) is 2.24. The Morgan fingerprint density at radius 2 is 2.32 bits per heavy atom. The van der Waals surface area contributed by atoms with Gasteiger partial charge in [0, 0.05) is 11.6 Å². The lowest BCUT2D eigenvalue weighted by Gasteiger charge is -2.10. The van der Waals surface area contributed by atoms with Gasteiger partial charge in [-0.15, -0.1) is 0 Å². The van der Waals surface area contributed by atoms with Crippen LogP contribution in [0.5, 0.6) is 0 Å². The maximum absolute atomic E-state index is 12.0. The van der Waals surface area contributed by atoms with Crippen LogP contribution in [-0.2, 0) is 11.2 Å². The van der Waals surface area contributed by atoms with Crippen LogP contribution in [0.15, 0.2) is 23.1 Å². The van der Waals surface area contributed by atoms with Gasteiger partial charge in [-0.3, -0.25) is 4.79 Å². The van der Waals surface area contributed by atoms with Crippen molar-refractivity contribution in [3.05, 3.63) is 39.8 Å². The number of nitrogens with two attached hydrogens (primary N) is 1. The van der Waals surface area contributed by atoms with E-state index in [0.29, 0.717) is 24.2 Å². The SMILES string of the molecule is CCOC(=O)c1c(CCN)c2cccnc2[nH]c1=O. The predicted octanol–water partition coefficient (Wildman–Crippen LogP) is 0.601. The van der Waals surface area contributed by atoms with Gasteiger partial charge in [0.05, 0.1) is 6.61 Å². The maximum atomic E-state index is 12.0. The molecule has 0 radical (unpaired) electrons. The van der Waals surface area contributed by atoms with Gasteiger partial charge in [-0.05, 0) is 37.6 Å². The zero-order valence-corrected chi connectivity index (χ0v) is 10.6. The quantitative estimate of drug-likeness (QED) is 0.785. The molecule has 3 N–H and O–H groups in total. The van der Waals surface area contributed by atoms with Crippen LogP contribution in [0, 0.1) is 0 Å². The summed E-state index contributed by atoms with van der Waals surface area (Å²) in [5, 5.41) is 0.718. The molecule has 2 heterocycles. The highest BCUT2D eigenvalue weighted by atomic mass is 16.5. The first-order chi connectivity index (χ1) is 9.19. The molecule has 2 rings (SSSR count). The first-order valence-electron chi connectivity index (χ1n) is 6.06. The van der Waals surface area contributed by atoms with Crippen LogP contribution in [0.25, 0.3) is 11.0 Å². The molecule has 0 aliphatic carbocycles. The first-order valence-corrected chi connectivity index (χ1v) is 6.06. The standard InChI is InChI=1S/C13H15N3O3/c1-2-19-13(18)10-8(5-6-14)9-4-3-7-15-11(9)16-12(10)17/h3-4,7H,2,5-6,14H2,1H3,(H,15,16,17). The van der Waals surface area contributed by atoms with Crippen molar-refractivity contribution in [3.63, 3.8) is 0 Å². The molecule has 0 aliphatic rings. The molecule has 0 unspecified atom stereocenters. The summed E-state index contributed by atoms with van der Waals surface area (Å²) in [7, 11) is 0. The van der Waals surface area contributed by atoms with E-state index in [4.69, 9.17) is 10.5 Å². The van der Waals surface area contributed by atoms with Crippen molar-refractivity contribution in [2.24, 2.45) is 5.73 Å². The number of fused-ring (bicyclic) bond motifs is 1. The number of carbonyl (C=O) groups is 1. The number of H-pyrrole nitrogens is 1. The minimum atomic E-state index is -0.627. The van der Waals surface area contributed by atoms with Crippen LogP contribution in [0.4, 0.5) is 0 Å². The van der Waals surface area contributed by atoms with Gasteiger partial charge in [0.15, 0.2) is 0 Å². The molecular formula is C13H15N3O3. The van der Waals surface area contributed by atoms with E-state index in [-0.39, 0.29) is 12.2 Å².